The molecule has 3 N–H and O–H groups in total. The molecule has 0 aliphatic rings. The van der Waals surface area contributed by atoms with Gasteiger partial charge in [0.25, 0.3) is 0 Å². The third kappa shape index (κ3) is 60.9. The average molecular weight is 1270 g/mol. The predicted octanol–water partition coefficient (Wildman–Crippen LogP) is 18.5. The van der Waals surface area contributed by atoms with Crippen molar-refractivity contribution < 1.29 is 80.2 Å². The molecule has 17 nitrogen and oxygen atoms in total. The van der Waals surface area contributed by atoms with E-state index in [0.717, 1.165) is 108 Å². The molecule has 0 aliphatic heterocycles. The van der Waals surface area contributed by atoms with Gasteiger partial charge in [0, 0.05) is 25.7 Å². The van der Waals surface area contributed by atoms with Gasteiger partial charge in [0.05, 0.1) is 26.4 Å². The third-order valence-electron chi connectivity index (χ3n) is 15.3. The van der Waals surface area contributed by atoms with Crippen LogP contribution in [0.1, 0.15) is 325 Å². The molecule has 510 valence electrons. The number of hydrogen-bond acceptors (Lipinski definition) is 15. The maximum atomic E-state index is 13.0. The van der Waals surface area contributed by atoms with Gasteiger partial charge in [-0.15, -0.1) is 0 Å². The molecule has 0 radical (unpaired) electrons. The number of aliphatic hydroxyl groups excluding tert-OH is 1. The van der Waals surface area contributed by atoms with E-state index in [1.165, 1.54) is 122 Å². The molecule has 19 heteroatoms. The van der Waals surface area contributed by atoms with Crippen LogP contribution in [0.3, 0.4) is 0 Å². The number of carbonyl (C=O) groups is 4. The fourth-order valence-electron chi connectivity index (χ4n) is 9.96. The summed E-state index contributed by atoms with van der Waals surface area (Å²) in [5, 5.41) is 10.6. The highest BCUT2D eigenvalue weighted by molar-refractivity contribution is 7.47. The van der Waals surface area contributed by atoms with Crippen molar-refractivity contribution in [2.45, 2.75) is 343 Å². The van der Waals surface area contributed by atoms with Crippen LogP contribution in [-0.4, -0.2) is 96.7 Å². The molecule has 5 atom stereocenters. The number of carbonyl (C=O) groups excluding carboxylic acids is 4. The Balaban J connectivity index is 5.24. The number of phosphoric ester groups is 2. The van der Waals surface area contributed by atoms with Crippen LogP contribution in [0.5, 0.6) is 0 Å². The number of esters is 4. The smallest absolute Gasteiger partial charge is 0.462 e. The van der Waals surface area contributed by atoms with Crippen molar-refractivity contribution in [2.75, 3.05) is 39.6 Å². The van der Waals surface area contributed by atoms with Gasteiger partial charge in [-0.3, -0.25) is 37.3 Å². The summed E-state index contributed by atoms with van der Waals surface area (Å²) >= 11 is 0. The SMILES string of the molecule is CC(C)CCCCCCCCCCCCCC(=O)O[C@H](COC(=O)CCCCCCCCCCCCC(C)C)COP(=O)(O)OCC(O)COP(=O)(O)OC[C@@H](COC(=O)CCCCCCCCCC(C)C)OC(=O)CCCCCCCCC(C)C. The van der Waals surface area contributed by atoms with E-state index in [0.29, 0.717) is 37.5 Å². The maximum Gasteiger partial charge on any atom is 0.472 e. The zero-order chi connectivity index (χ0) is 63.9. The molecule has 0 aromatic rings. The number of hydrogen-bond donors (Lipinski definition) is 3. The Morgan fingerprint density at radius 3 is 0.721 bits per heavy atom. The van der Waals surface area contributed by atoms with Crippen molar-refractivity contribution in [1.29, 1.82) is 0 Å². The summed E-state index contributed by atoms with van der Waals surface area (Å²) in [6.07, 6.45) is 37.8. The van der Waals surface area contributed by atoms with Gasteiger partial charge in [0.2, 0.25) is 0 Å². The van der Waals surface area contributed by atoms with Crippen LogP contribution >= 0.6 is 15.6 Å². The summed E-state index contributed by atoms with van der Waals surface area (Å²) in [5.41, 5.74) is 0. The molecule has 3 unspecified atom stereocenters. The van der Waals surface area contributed by atoms with Crippen molar-refractivity contribution in [2.24, 2.45) is 23.7 Å². The molecule has 0 aliphatic carbocycles. The Hall–Kier alpha value is -1.94. The van der Waals surface area contributed by atoms with E-state index < -0.39 is 97.5 Å². The Labute approximate surface area is 524 Å². The molecule has 0 saturated heterocycles. The van der Waals surface area contributed by atoms with E-state index in [-0.39, 0.29) is 25.7 Å². The van der Waals surface area contributed by atoms with E-state index in [9.17, 15) is 43.2 Å². The minimum absolute atomic E-state index is 0.101. The first-order valence-corrected chi connectivity index (χ1v) is 37.7. The standard InChI is InChI=1S/C67H130O17P2/c1-57(2)43-35-27-19-14-10-9-11-17-23-33-41-49-66(71)83-62(53-77-64(69)47-39-31-22-16-13-12-15-20-28-36-44-58(3)4)55-81-85(73,74)79-51-61(68)52-80-86(75,76)82-56-63(84-67(72)50-42-34-26-25-30-38-46-60(7)8)54-78-65(70)48-40-32-24-18-21-29-37-45-59(5)6/h57-63,68H,9-56H2,1-8H3,(H,73,74)(H,75,76)/t61?,62-,63-/m1/s1. The molecule has 0 aromatic heterocycles. The van der Waals surface area contributed by atoms with Crippen LogP contribution in [0.25, 0.3) is 0 Å². The van der Waals surface area contributed by atoms with E-state index >= 15 is 0 Å². The molecular formula is C67H130O17P2. The quantitative estimate of drug-likeness (QED) is 0.0222. The minimum Gasteiger partial charge on any atom is -0.462 e. The highest BCUT2D eigenvalue weighted by Gasteiger charge is 2.30. The molecule has 0 rings (SSSR count). The van der Waals surface area contributed by atoms with Crippen molar-refractivity contribution in [3.05, 3.63) is 0 Å². The lowest BCUT2D eigenvalue weighted by Gasteiger charge is -2.21. The molecule has 0 saturated carbocycles. The van der Waals surface area contributed by atoms with Crippen LogP contribution in [0.2, 0.25) is 0 Å². The van der Waals surface area contributed by atoms with E-state index in [1.54, 1.807) is 0 Å². The third-order valence-corrected chi connectivity index (χ3v) is 17.2. The zero-order valence-corrected chi connectivity index (χ0v) is 57.7. The van der Waals surface area contributed by atoms with Crippen LogP contribution in [0, 0.1) is 23.7 Å². The van der Waals surface area contributed by atoms with Gasteiger partial charge in [0.1, 0.15) is 19.3 Å². The van der Waals surface area contributed by atoms with Crippen molar-refractivity contribution >= 4 is 39.5 Å². The van der Waals surface area contributed by atoms with Gasteiger partial charge in [-0.25, -0.2) is 9.13 Å². The fourth-order valence-corrected chi connectivity index (χ4v) is 11.5. The first-order chi connectivity index (χ1) is 41.1. The molecule has 0 spiro atoms. The number of rotatable bonds is 64. The Morgan fingerprint density at radius 2 is 0.488 bits per heavy atom. The zero-order valence-electron chi connectivity index (χ0n) is 55.9. The number of aliphatic hydroxyl groups is 1. The van der Waals surface area contributed by atoms with Crippen LogP contribution in [0.4, 0.5) is 0 Å². The monoisotopic (exact) mass is 1270 g/mol. The van der Waals surface area contributed by atoms with E-state index in [1.807, 2.05) is 0 Å². The molecule has 0 bridgehead atoms. The topological polar surface area (TPSA) is 237 Å². The van der Waals surface area contributed by atoms with Crippen molar-refractivity contribution in [3.63, 3.8) is 0 Å². The molecular weight excluding hydrogens is 1140 g/mol. The number of unbranched alkanes of at least 4 members (excludes halogenated alkanes) is 30. The largest absolute Gasteiger partial charge is 0.472 e. The summed E-state index contributed by atoms with van der Waals surface area (Å²) in [7, 11) is -9.89. The molecule has 86 heavy (non-hydrogen) atoms. The molecule has 0 fully saturated rings. The molecule has 0 heterocycles. The molecule has 0 aromatic carbocycles. The normalized spacial score (nSPS) is 14.4. The van der Waals surface area contributed by atoms with Crippen LogP contribution in [-0.2, 0) is 65.4 Å². The lowest BCUT2D eigenvalue weighted by atomic mass is 10.0. The van der Waals surface area contributed by atoms with Gasteiger partial charge >= 0.3 is 39.5 Å². The first kappa shape index (κ1) is 84.1. The second-order valence-electron chi connectivity index (χ2n) is 26.1. The van der Waals surface area contributed by atoms with Gasteiger partial charge in [0.15, 0.2) is 12.2 Å². The number of phosphoric acid groups is 2. The average Bonchev–Trinajstić information content (AvgIpc) is 3.67. The van der Waals surface area contributed by atoms with Gasteiger partial charge in [-0.1, -0.05) is 274 Å². The van der Waals surface area contributed by atoms with Crippen molar-refractivity contribution in [1.82, 2.24) is 0 Å². The fraction of sp³-hybridized carbons (Fsp3) is 0.940. The highest BCUT2D eigenvalue weighted by atomic mass is 31.2. The first-order valence-electron chi connectivity index (χ1n) is 34.7. The Bertz CT molecular complexity index is 1710. The summed E-state index contributed by atoms with van der Waals surface area (Å²) in [4.78, 5) is 72.3. The summed E-state index contributed by atoms with van der Waals surface area (Å²) < 4.78 is 68.1. The van der Waals surface area contributed by atoms with Crippen molar-refractivity contribution in [3.8, 4) is 0 Å². The van der Waals surface area contributed by atoms with Crippen LogP contribution < -0.4 is 0 Å². The lowest BCUT2D eigenvalue weighted by Crippen LogP contribution is -2.30. The maximum absolute atomic E-state index is 13.0. The van der Waals surface area contributed by atoms with Crippen LogP contribution in [0.15, 0.2) is 0 Å². The van der Waals surface area contributed by atoms with Gasteiger partial charge in [-0.2, -0.15) is 0 Å². The minimum atomic E-state index is -4.95. The Morgan fingerprint density at radius 1 is 0.291 bits per heavy atom. The predicted molar refractivity (Wildman–Crippen MR) is 344 cm³/mol. The van der Waals surface area contributed by atoms with Gasteiger partial charge < -0.3 is 33.8 Å². The van der Waals surface area contributed by atoms with E-state index in [4.69, 9.17) is 37.0 Å². The van der Waals surface area contributed by atoms with Gasteiger partial charge in [-0.05, 0) is 49.4 Å². The van der Waals surface area contributed by atoms with E-state index in [2.05, 4.69) is 55.4 Å². The summed E-state index contributed by atoms with van der Waals surface area (Å²) in [6.45, 7) is 14.0. The second-order valence-corrected chi connectivity index (χ2v) is 29.0. The second kappa shape index (κ2) is 57.0. The summed E-state index contributed by atoms with van der Waals surface area (Å²) in [5.74, 6) is 0.760. The molecule has 0 amide bonds. The lowest BCUT2D eigenvalue weighted by molar-refractivity contribution is -0.161. The number of ether oxygens (including phenoxy) is 4. The highest BCUT2D eigenvalue weighted by Crippen LogP contribution is 2.45. The Kier molecular flexibility index (Phi) is 55.7. The summed E-state index contributed by atoms with van der Waals surface area (Å²) in [6, 6.07) is 0.